The Bertz CT molecular complexity index is 583. The molecule has 0 spiro atoms. The van der Waals surface area contributed by atoms with Gasteiger partial charge in [0.1, 0.15) is 5.83 Å². The first-order valence-corrected chi connectivity index (χ1v) is 12.2. The maximum Gasteiger partial charge on any atom is 0.126 e. The molecule has 1 aromatic rings. The normalized spacial score (nSPS) is 29.0. The van der Waals surface area contributed by atoms with Gasteiger partial charge in [-0.1, -0.05) is 70.2 Å². The minimum absolute atomic E-state index is 0.0533. The molecular formula is C27H41F. The zero-order valence-corrected chi connectivity index (χ0v) is 18.3. The number of benzene rings is 1. The average Bonchev–Trinajstić information content (AvgIpc) is 2.75. The molecule has 0 bridgehead atoms. The molecule has 28 heavy (non-hydrogen) atoms. The molecule has 0 amide bonds. The molecule has 0 aliphatic heterocycles. The maximum absolute atomic E-state index is 14.2. The quantitative estimate of drug-likeness (QED) is 0.392. The number of hydrogen-bond acceptors (Lipinski definition) is 0. The van der Waals surface area contributed by atoms with Gasteiger partial charge in [0.2, 0.25) is 0 Å². The molecule has 0 radical (unpaired) electrons. The van der Waals surface area contributed by atoms with Gasteiger partial charge < -0.3 is 0 Å². The Morgan fingerprint density at radius 1 is 0.857 bits per heavy atom. The van der Waals surface area contributed by atoms with E-state index < -0.39 is 0 Å². The molecule has 0 saturated heterocycles. The second kappa shape index (κ2) is 11.2. The van der Waals surface area contributed by atoms with Crippen molar-refractivity contribution in [2.75, 3.05) is 0 Å². The third-order valence-electron chi connectivity index (χ3n) is 7.57. The Morgan fingerprint density at radius 2 is 1.46 bits per heavy atom. The van der Waals surface area contributed by atoms with Gasteiger partial charge in [-0.2, -0.15) is 0 Å². The maximum atomic E-state index is 14.2. The van der Waals surface area contributed by atoms with Crippen LogP contribution in [-0.2, 0) is 0 Å². The van der Waals surface area contributed by atoms with Crippen LogP contribution in [0.1, 0.15) is 114 Å². The fourth-order valence-corrected chi connectivity index (χ4v) is 5.75. The minimum Gasteiger partial charge on any atom is -0.207 e. The Morgan fingerprint density at radius 3 is 2.04 bits per heavy atom. The molecule has 2 aliphatic rings. The van der Waals surface area contributed by atoms with E-state index in [1.807, 2.05) is 12.1 Å². The van der Waals surface area contributed by atoms with E-state index in [0.717, 1.165) is 42.6 Å². The zero-order valence-electron chi connectivity index (χ0n) is 18.3. The molecule has 2 aliphatic carbocycles. The van der Waals surface area contributed by atoms with Crippen molar-refractivity contribution in [2.24, 2.45) is 17.8 Å². The van der Waals surface area contributed by atoms with Crippen LogP contribution in [0.5, 0.6) is 0 Å². The Hall–Kier alpha value is -1.11. The highest BCUT2D eigenvalue weighted by Crippen LogP contribution is 2.44. The van der Waals surface area contributed by atoms with Crippen LogP contribution in [0.3, 0.4) is 0 Å². The van der Waals surface area contributed by atoms with Gasteiger partial charge in [-0.3, -0.25) is 0 Å². The standard InChI is InChI=1S/C27H41F/c1-3-5-6-8-27(28)26-19-17-25(18-20-26)24-15-13-23(14-16-24)22-11-9-21(7-4-2)10-12-22/h8,17-24H,3-7,9-16H2,1-2H3/b27-8+/t21-,22-,23?,24?. The number of rotatable bonds is 8. The van der Waals surface area contributed by atoms with E-state index in [9.17, 15) is 4.39 Å². The van der Waals surface area contributed by atoms with Crippen LogP contribution in [0.2, 0.25) is 0 Å². The first-order chi connectivity index (χ1) is 13.7. The molecule has 0 atom stereocenters. The van der Waals surface area contributed by atoms with Crippen molar-refractivity contribution in [3.8, 4) is 0 Å². The number of unbranched alkanes of at least 4 members (excludes halogenated alkanes) is 2. The monoisotopic (exact) mass is 384 g/mol. The summed E-state index contributed by atoms with van der Waals surface area (Å²) in [4.78, 5) is 0. The van der Waals surface area contributed by atoms with Crippen molar-refractivity contribution in [2.45, 2.75) is 103 Å². The lowest BCUT2D eigenvalue weighted by Gasteiger charge is -2.38. The summed E-state index contributed by atoms with van der Waals surface area (Å²) in [6.07, 6.45) is 19.0. The molecule has 1 aromatic carbocycles. The van der Waals surface area contributed by atoms with Gasteiger partial charge in [0.05, 0.1) is 0 Å². The van der Waals surface area contributed by atoms with Gasteiger partial charge in [0.15, 0.2) is 0 Å². The summed E-state index contributed by atoms with van der Waals surface area (Å²) in [6.45, 7) is 4.48. The summed E-state index contributed by atoms with van der Waals surface area (Å²) in [5.41, 5.74) is 2.17. The van der Waals surface area contributed by atoms with Crippen molar-refractivity contribution in [1.82, 2.24) is 0 Å². The fraction of sp³-hybridized carbons (Fsp3) is 0.704. The Labute approximate surface area is 173 Å². The van der Waals surface area contributed by atoms with Crippen LogP contribution >= 0.6 is 0 Å². The predicted octanol–water partition coefficient (Wildman–Crippen LogP) is 9.07. The van der Waals surface area contributed by atoms with Crippen molar-refractivity contribution < 1.29 is 4.39 Å². The largest absolute Gasteiger partial charge is 0.207 e. The molecule has 0 nitrogen and oxygen atoms in total. The van der Waals surface area contributed by atoms with Crippen molar-refractivity contribution in [3.05, 3.63) is 41.5 Å². The molecule has 1 heteroatoms. The Kier molecular flexibility index (Phi) is 8.62. The van der Waals surface area contributed by atoms with E-state index in [0.29, 0.717) is 5.92 Å². The SMILES string of the molecule is CCCC/C=C(/F)c1ccc(C2CCC([C@H]3CC[C@H](CCC)CC3)CC2)cc1. The lowest BCUT2D eigenvalue weighted by Crippen LogP contribution is -2.25. The zero-order chi connectivity index (χ0) is 19.8. The molecule has 0 heterocycles. The van der Waals surface area contributed by atoms with Gasteiger partial charge in [-0.25, -0.2) is 4.39 Å². The molecule has 2 saturated carbocycles. The third-order valence-corrected chi connectivity index (χ3v) is 7.57. The highest BCUT2D eigenvalue weighted by molar-refractivity contribution is 5.59. The molecule has 156 valence electrons. The molecule has 3 rings (SSSR count). The summed E-state index contributed by atoms with van der Waals surface area (Å²) in [5.74, 6) is 3.62. The smallest absolute Gasteiger partial charge is 0.126 e. The van der Waals surface area contributed by atoms with Crippen LogP contribution in [0.15, 0.2) is 30.3 Å². The molecule has 0 aromatic heterocycles. The lowest BCUT2D eigenvalue weighted by atomic mass is 9.68. The molecule has 0 unspecified atom stereocenters. The molecule has 0 N–H and O–H groups in total. The van der Waals surface area contributed by atoms with Crippen LogP contribution in [0.25, 0.3) is 5.83 Å². The highest BCUT2D eigenvalue weighted by Gasteiger charge is 2.31. The highest BCUT2D eigenvalue weighted by atomic mass is 19.1. The van der Waals surface area contributed by atoms with Gasteiger partial charge in [-0.15, -0.1) is 0 Å². The number of allylic oxidation sites excluding steroid dienone is 1. The van der Waals surface area contributed by atoms with E-state index in [4.69, 9.17) is 0 Å². The van der Waals surface area contributed by atoms with E-state index in [2.05, 4.69) is 26.0 Å². The number of halogens is 1. The minimum atomic E-state index is -0.0533. The lowest BCUT2D eigenvalue weighted by molar-refractivity contribution is 0.156. The predicted molar refractivity (Wildman–Crippen MR) is 120 cm³/mol. The fourth-order valence-electron chi connectivity index (χ4n) is 5.75. The average molecular weight is 385 g/mol. The summed E-state index contributed by atoms with van der Waals surface area (Å²) in [6, 6.07) is 8.36. The van der Waals surface area contributed by atoms with E-state index in [-0.39, 0.29) is 5.83 Å². The van der Waals surface area contributed by atoms with Crippen molar-refractivity contribution in [3.63, 3.8) is 0 Å². The second-order valence-corrected chi connectivity index (χ2v) is 9.50. The van der Waals surface area contributed by atoms with Crippen molar-refractivity contribution in [1.29, 1.82) is 0 Å². The van der Waals surface area contributed by atoms with Crippen LogP contribution in [0.4, 0.5) is 4.39 Å². The molecule has 2 fully saturated rings. The first-order valence-electron chi connectivity index (χ1n) is 12.2. The van der Waals surface area contributed by atoms with Crippen molar-refractivity contribution >= 4 is 5.83 Å². The number of hydrogen-bond donors (Lipinski definition) is 0. The van der Waals surface area contributed by atoms with Gasteiger partial charge in [-0.05, 0) is 86.7 Å². The summed E-state index contributed by atoms with van der Waals surface area (Å²) >= 11 is 0. The van der Waals surface area contributed by atoms with Crippen LogP contribution in [0, 0.1) is 17.8 Å². The van der Waals surface area contributed by atoms with Crippen LogP contribution in [-0.4, -0.2) is 0 Å². The topological polar surface area (TPSA) is 0 Å². The third kappa shape index (κ3) is 5.94. The first kappa shape index (κ1) is 21.6. The summed E-state index contributed by atoms with van der Waals surface area (Å²) < 4.78 is 14.2. The summed E-state index contributed by atoms with van der Waals surface area (Å²) in [7, 11) is 0. The van der Waals surface area contributed by atoms with Crippen LogP contribution < -0.4 is 0 Å². The second-order valence-electron chi connectivity index (χ2n) is 9.50. The van der Waals surface area contributed by atoms with Gasteiger partial charge in [0.25, 0.3) is 0 Å². The Balaban J connectivity index is 1.46. The molecular weight excluding hydrogens is 343 g/mol. The van der Waals surface area contributed by atoms with E-state index in [1.54, 1.807) is 6.08 Å². The van der Waals surface area contributed by atoms with E-state index in [1.165, 1.54) is 69.8 Å². The van der Waals surface area contributed by atoms with E-state index >= 15 is 0 Å². The van der Waals surface area contributed by atoms with Gasteiger partial charge in [0, 0.05) is 5.56 Å². The van der Waals surface area contributed by atoms with Gasteiger partial charge >= 0.3 is 0 Å². The summed E-state index contributed by atoms with van der Waals surface area (Å²) in [5, 5.41) is 0.